The summed E-state index contributed by atoms with van der Waals surface area (Å²) in [4.78, 5) is 22.0. The van der Waals surface area contributed by atoms with E-state index >= 15 is 0 Å². The third-order valence-corrected chi connectivity index (χ3v) is 8.18. The SMILES string of the molecule is CC[C@H]1CN(c2ncc(-c3ncc[nH]3)cc2Cl)CCN1C1CCN(Cc2ccc(C#CCN(C)C)cc2)CC1. The van der Waals surface area contributed by atoms with Crippen molar-refractivity contribution in [3.05, 3.63) is 65.1 Å². The Balaban J connectivity index is 1.13. The molecule has 7 nitrogen and oxygen atoms in total. The Morgan fingerprint density at radius 2 is 1.87 bits per heavy atom. The minimum absolute atomic E-state index is 0.513. The van der Waals surface area contributed by atoms with E-state index < -0.39 is 0 Å². The van der Waals surface area contributed by atoms with Gasteiger partial charge in [0.15, 0.2) is 0 Å². The summed E-state index contributed by atoms with van der Waals surface area (Å²) in [7, 11) is 4.08. The maximum atomic E-state index is 6.71. The van der Waals surface area contributed by atoms with E-state index in [2.05, 4.69) is 72.6 Å². The van der Waals surface area contributed by atoms with Crippen LogP contribution < -0.4 is 4.90 Å². The Labute approximate surface area is 238 Å². The van der Waals surface area contributed by atoms with Gasteiger partial charge in [-0.15, -0.1) is 0 Å². The molecule has 2 saturated heterocycles. The Morgan fingerprint density at radius 3 is 2.54 bits per heavy atom. The molecule has 5 rings (SSSR count). The third-order valence-electron chi connectivity index (χ3n) is 7.91. The summed E-state index contributed by atoms with van der Waals surface area (Å²) in [5.74, 6) is 8.14. The fraction of sp³-hybridized carbons (Fsp3) is 0.484. The predicted octanol–water partition coefficient (Wildman–Crippen LogP) is 4.60. The molecule has 0 unspecified atom stereocenters. The molecule has 2 aliphatic rings. The molecule has 0 radical (unpaired) electrons. The van der Waals surface area contributed by atoms with Crippen molar-refractivity contribution in [2.24, 2.45) is 0 Å². The largest absolute Gasteiger partial charge is 0.353 e. The molecule has 1 N–H and O–H groups in total. The number of H-pyrrole nitrogens is 1. The lowest BCUT2D eigenvalue weighted by molar-refractivity contribution is 0.0610. The van der Waals surface area contributed by atoms with Gasteiger partial charge in [-0.05, 0) is 70.2 Å². The van der Waals surface area contributed by atoms with Gasteiger partial charge in [0.25, 0.3) is 0 Å². The Kier molecular flexibility index (Phi) is 9.21. The van der Waals surface area contributed by atoms with Crippen LogP contribution in [0.1, 0.15) is 37.3 Å². The summed E-state index contributed by atoms with van der Waals surface area (Å²) < 4.78 is 0. The number of hydrogen-bond donors (Lipinski definition) is 1. The van der Waals surface area contributed by atoms with Crippen LogP contribution in [0.25, 0.3) is 11.4 Å². The number of piperidine rings is 1. The topological polar surface area (TPSA) is 54.5 Å². The summed E-state index contributed by atoms with van der Waals surface area (Å²) in [6, 6.07) is 11.9. The summed E-state index contributed by atoms with van der Waals surface area (Å²) in [5, 5.41) is 0.689. The lowest BCUT2D eigenvalue weighted by Crippen LogP contribution is -2.58. The Hall–Kier alpha value is -2.89. The van der Waals surface area contributed by atoms with Crippen LogP contribution in [0.3, 0.4) is 0 Å². The van der Waals surface area contributed by atoms with Crippen molar-refractivity contribution >= 4 is 17.4 Å². The zero-order valence-electron chi connectivity index (χ0n) is 23.4. The molecular weight excluding hydrogens is 506 g/mol. The molecule has 2 aromatic heterocycles. The number of aromatic nitrogens is 3. The van der Waals surface area contributed by atoms with Crippen molar-refractivity contribution in [2.45, 2.75) is 44.8 Å². The highest BCUT2D eigenvalue weighted by molar-refractivity contribution is 6.33. The molecule has 39 heavy (non-hydrogen) atoms. The van der Waals surface area contributed by atoms with Gasteiger partial charge in [0.05, 0.1) is 11.6 Å². The van der Waals surface area contributed by atoms with Crippen molar-refractivity contribution in [1.82, 2.24) is 29.7 Å². The van der Waals surface area contributed by atoms with Gasteiger partial charge in [0.1, 0.15) is 11.6 Å². The molecule has 2 aliphatic heterocycles. The monoisotopic (exact) mass is 545 g/mol. The van der Waals surface area contributed by atoms with Crippen LogP contribution in [0.4, 0.5) is 5.82 Å². The molecular formula is C31H40ClN7. The number of rotatable bonds is 7. The number of imidazole rings is 1. The first-order chi connectivity index (χ1) is 19.0. The van der Waals surface area contributed by atoms with Crippen LogP contribution in [0.15, 0.2) is 48.9 Å². The lowest BCUT2D eigenvalue weighted by atomic mass is 9.97. The predicted molar refractivity (Wildman–Crippen MR) is 160 cm³/mol. The normalized spacial score (nSPS) is 19.3. The van der Waals surface area contributed by atoms with Crippen molar-refractivity contribution < 1.29 is 0 Å². The number of nitrogens with zero attached hydrogens (tertiary/aromatic N) is 6. The highest BCUT2D eigenvalue weighted by Crippen LogP contribution is 2.31. The number of anilines is 1. The second-order valence-corrected chi connectivity index (χ2v) is 11.4. The van der Waals surface area contributed by atoms with Crippen LogP contribution in [0.5, 0.6) is 0 Å². The molecule has 0 aliphatic carbocycles. The first-order valence-electron chi connectivity index (χ1n) is 14.1. The Morgan fingerprint density at radius 1 is 1.08 bits per heavy atom. The number of halogens is 1. The molecule has 1 atom stereocenters. The van der Waals surface area contributed by atoms with Crippen molar-refractivity contribution in [1.29, 1.82) is 0 Å². The van der Waals surface area contributed by atoms with E-state index in [1.165, 1.54) is 18.4 Å². The molecule has 1 aromatic carbocycles. The van der Waals surface area contributed by atoms with Gasteiger partial charge in [0, 0.05) is 68.0 Å². The summed E-state index contributed by atoms with van der Waals surface area (Å²) in [6.07, 6.45) is 9.00. The number of piperazine rings is 1. The summed E-state index contributed by atoms with van der Waals surface area (Å²) >= 11 is 6.71. The zero-order valence-corrected chi connectivity index (χ0v) is 24.2. The van der Waals surface area contributed by atoms with E-state index in [4.69, 9.17) is 16.6 Å². The van der Waals surface area contributed by atoms with Gasteiger partial charge < -0.3 is 9.88 Å². The number of likely N-dealkylation sites (tertiary alicyclic amines) is 1. The number of nitrogens with one attached hydrogen (secondary N) is 1. The molecule has 206 valence electrons. The van der Waals surface area contributed by atoms with Crippen LogP contribution in [-0.4, -0.2) is 95.1 Å². The standard InChI is InChI=1S/C31H40ClN7/c1-4-27-23-38(31-29(32)20-26(21-35-31)30-33-13-14-34-30)18-19-39(27)28-11-16-37(17-12-28)22-25-9-7-24(8-10-25)6-5-15-36(2)3/h7-10,13-14,20-21,27-28H,4,11-12,15-19,22-23H2,1-3H3,(H,33,34)/t27-/m0/s1. The molecule has 8 heteroatoms. The molecule has 0 amide bonds. The fourth-order valence-corrected chi connectivity index (χ4v) is 6.07. The molecule has 0 spiro atoms. The van der Waals surface area contributed by atoms with Gasteiger partial charge in [0.2, 0.25) is 0 Å². The van der Waals surface area contributed by atoms with Crippen LogP contribution >= 0.6 is 11.6 Å². The molecule has 0 bridgehead atoms. The van der Waals surface area contributed by atoms with Gasteiger partial charge in [-0.25, -0.2) is 9.97 Å². The number of pyridine rings is 1. The minimum atomic E-state index is 0.513. The maximum absolute atomic E-state index is 6.71. The second-order valence-electron chi connectivity index (χ2n) is 11.0. The smallest absolute Gasteiger partial charge is 0.147 e. The van der Waals surface area contributed by atoms with Crippen molar-refractivity contribution in [3.63, 3.8) is 0 Å². The first-order valence-corrected chi connectivity index (χ1v) is 14.5. The van der Waals surface area contributed by atoms with Gasteiger partial charge in [-0.3, -0.25) is 14.7 Å². The maximum Gasteiger partial charge on any atom is 0.147 e. The van der Waals surface area contributed by atoms with Crippen LogP contribution in [-0.2, 0) is 6.54 Å². The van der Waals surface area contributed by atoms with Crippen LogP contribution in [0.2, 0.25) is 5.02 Å². The van der Waals surface area contributed by atoms with Crippen molar-refractivity contribution in [3.8, 4) is 23.2 Å². The summed E-state index contributed by atoms with van der Waals surface area (Å²) in [6.45, 7) is 9.37. The highest BCUT2D eigenvalue weighted by Gasteiger charge is 2.34. The average molecular weight is 546 g/mol. The zero-order chi connectivity index (χ0) is 27.2. The lowest BCUT2D eigenvalue weighted by Gasteiger charge is -2.47. The molecule has 2 fully saturated rings. The van der Waals surface area contributed by atoms with Gasteiger partial charge in [-0.1, -0.05) is 42.5 Å². The number of hydrogen-bond acceptors (Lipinski definition) is 6. The minimum Gasteiger partial charge on any atom is -0.353 e. The van der Waals surface area contributed by atoms with E-state index in [0.717, 1.165) is 75.0 Å². The van der Waals surface area contributed by atoms with Gasteiger partial charge >= 0.3 is 0 Å². The van der Waals surface area contributed by atoms with E-state index in [9.17, 15) is 0 Å². The number of benzene rings is 1. The van der Waals surface area contributed by atoms with Gasteiger partial charge in [-0.2, -0.15) is 0 Å². The fourth-order valence-electron chi connectivity index (χ4n) is 5.78. The van der Waals surface area contributed by atoms with E-state index in [1.807, 2.05) is 32.6 Å². The second kappa shape index (κ2) is 13.0. The number of aromatic amines is 1. The summed E-state index contributed by atoms with van der Waals surface area (Å²) in [5.41, 5.74) is 3.37. The van der Waals surface area contributed by atoms with E-state index in [-0.39, 0.29) is 0 Å². The van der Waals surface area contributed by atoms with Crippen molar-refractivity contribution in [2.75, 3.05) is 58.3 Å². The average Bonchev–Trinajstić information content (AvgIpc) is 3.49. The molecule has 3 aromatic rings. The third kappa shape index (κ3) is 7.01. The van der Waals surface area contributed by atoms with Crippen LogP contribution in [0, 0.1) is 11.8 Å². The Bertz CT molecular complexity index is 1250. The molecule has 4 heterocycles. The van der Waals surface area contributed by atoms with E-state index in [1.54, 1.807) is 6.20 Å². The quantitative estimate of drug-likeness (QED) is 0.438. The first kappa shape index (κ1) is 27.7. The molecule has 0 saturated carbocycles. The van der Waals surface area contributed by atoms with E-state index in [0.29, 0.717) is 17.1 Å². The highest BCUT2D eigenvalue weighted by atomic mass is 35.5.